The number of amidine groups is 1. The first-order valence-corrected chi connectivity index (χ1v) is 8.97. The summed E-state index contributed by atoms with van der Waals surface area (Å²) >= 11 is 1.69. The number of methoxy groups -OCH3 is 1. The Hall–Kier alpha value is -2.60. The molecule has 2 aliphatic rings. The highest BCUT2D eigenvalue weighted by Gasteiger charge is 2.36. The molecule has 5 nitrogen and oxygen atoms in total. The van der Waals surface area contributed by atoms with E-state index >= 15 is 0 Å². The van der Waals surface area contributed by atoms with Crippen molar-refractivity contribution in [2.24, 2.45) is 4.99 Å². The van der Waals surface area contributed by atoms with Crippen LogP contribution < -0.4 is 10.2 Å². The fourth-order valence-corrected chi connectivity index (χ4v) is 3.85. The van der Waals surface area contributed by atoms with Gasteiger partial charge in [0.1, 0.15) is 11.1 Å². The molecule has 2 aromatic carbocycles. The number of benzene rings is 2. The summed E-state index contributed by atoms with van der Waals surface area (Å²) in [5.41, 5.74) is 7.68. The van der Waals surface area contributed by atoms with Crippen molar-refractivity contribution in [3.63, 3.8) is 0 Å². The molecule has 0 saturated carbocycles. The third kappa shape index (κ3) is 3.05. The van der Waals surface area contributed by atoms with E-state index in [4.69, 9.17) is 9.47 Å². The lowest BCUT2D eigenvalue weighted by molar-refractivity contribution is 0.255. The molecule has 2 aliphatic heterocycles. The summed E-state index contributed by atoms with van der Waals surface area (Å²) in [4.78, 5) is 4.61. The summed E-state index contributed by atoms with van der Waals surface area (Å²) in [6.45, 7) is 4.13. The first kappa shape index (κ1) is 15.9. The fourth-order valence-electron chi connectivity index (χ4n) is 2.85. The highest BCUT2D eigenvalue weighted by molar-refractivity contribution is 8.02. The Morgan fingerprint density at radius 3 is 2.68 bits per heavy atom. The molecule has 6 heteroatoms. The summed E-state index contributed by atoms with van der Waals surface area (Å²) in [5.74, 6) is 1.62. The Morgan fingerprint density at radius 1 is 1.16 bits per heavy atom. The predicted molar refractivity (Wildman–Crippen MR) is 100 cm³/mol. The molecule has 0 bridgehead atoms. The number of nitrogens with one attached hydrogen (secondary N) is 1. The molecule has 1 N–H and O–H groups in total. The number of nitrogens with zero attached hydrogens (tertiary/aromatic N) is 2. The van der Waals surface area contributed by atoms with Gasteiger partial charge in [0, 0.05) is 5.41 Å². The Balaban J connectivity index is 1.55. The molecule has 128 valence electrons. The quantitative estimate of drug-likeness (QED) is 0.887. The van der Waals surface area contributed by atoms with Crippen molar-refractivity contribution in [3.05, 3.63) is 70.4 Å². The highest BCUT2D eigenvalue weighted by Crippen LogP contribution is 2.44. The maximum atomic E-state index is 5.85. The largest absolute Gasteiger partial charge is 0.497 e. The van der Waals surface area contributed by atoms with E-state index in [0.29, 0.717) is 6.02 Å². The van der Waals surface area contributed by atoms with Crippen molar-refractivity contribution < 1.29 is 9.47 Å². The SMILES string of the molecule is COc1ccc(C2SC=C3OC(=Nc4ccc(C)cc4C)NN32)cc1. The standard InChI is InChI=1S/C19H19N3O2S/c1-12-4-9-16(13(2)10-12)20-19-21-22-17(24-19)11-25-18(22)14-5-7-15(23-3)8-6-14/h4-11,18H,1-3H3,(H,20,21). The van der Waals surface area contributed by atoms with Gasteiger partial charge in [-0.2, -0.15) is 4.99 Å². The van der Waals surface area contributed by atoms with Gasteiger partial charge in [-0.25, -0.2) is 10.4 Å². The van der Waals surface area contributed by atoms with Gasteiger partial charge < -0.3 is 9.47 Å². The van der Waals surface area contributed by atoms with Crippen LogP contribution in [0.15, 0.2) is 58.7 Å². The first-order valence-electron chi connectivity index (χ1n) is 8.03. The summed E-state index contributed by atoms with van der Waals surface area (Å²) in [6.07, 6.45) is 0. The van der Waals surface area contributed by atoms with Gasteiger partial charge in [-0.15, -0.1) is 0 Å². The van der Waals surface area contributed by atoms with Crippen LogP contribution in [0.3, 0.4) is 0 Å². The average molecular weight is 353 g/mol. The summed E-state index contributed by atoms with van der Waals surface area (Å²) < 4.78 is 11.1. The van der Waals surface area contributed by atoms with Gasteiger partial charge in [0.2, 0.25) is 5.88 Å². The van der Waals surface area contributed by atoms with Crippen LogP contribution in [-0.2, 0) is 4.74 Å². The van der Waals surface area contributed by atoms with Crippen molar-refractivity contribution in [3.8, 4) is 5.75 Å². The van der Waals surface area contributed by atoms with E-state index in [9.17, 15) is 0 Å². The third-order valence-electron chi connectivity index (χ3n) is 4.16. The second kappa shape index (κ2) is 6.37. The number of thioether (sulfide) groups is 1. The zero-order chi connectivity index (χ0) is 17.4. The number of hydrogen-bond acceptors (Lipinski definition) is 5. The van der Waals surface area contributed by atoms with Crippen LogP contribution in [0.2, 0.25) is 0 Å². The minimum Gasteiger partial charge on any atom is -0.497 e. The normalized spacial score (nSPS) is 20.1. The topological polar surface area (TPSA) is 46.1 Å². The van der Waals surface area contributed by atoms with Gasteiger partial charge in [-0.3, -0.25) is 0 Å². The summed E-state index contributed by atoms with van der Waals surface area (Å²) in [6, 6.07) is 14.7. The van der Waals surface area contributed by atoms with Crippen LogP contribution in [0.5, 0.6) is 5.75 Å². The number of aryl methyl sites for hydroxylation is 2. The van der Waals surface area contributed by atoms with Gasteiger partial charge in [-0.05, 0) is 43.2 Å². The van der Waals surface area contributed by atoms with E-state index in [1.54, 1.807) is 18.9 Å². The molecule has 1 atom stereocenters. The van der Waals surface area contributed by atoms with Crippen LogP contribution >= 0.6 is 11.8 Å². The molecule has 0 spiro atoms. The maximum Gasteiger partial charge on any atom is 0.316 e. The third-order valence-corrected chi connectivity index (χ3v) is 5.24. The van der Waals surface area contributed by atoms with Crippen molar-refractivity contribution in [2.75, 3.05) is 7.11 Å². The summed E-state index contributed by atoms with van der Waals surface area (Å²) in [7, 11) is 1.67. The Bertz CT molecular complexity index is 861. The van der Waals surface area contributed by atoms with Crippen LogP contribution in [0, 0.1) is 13.8 Å². The minimum absolute atomic E-state index is 0.104. The number of hydrogen-bond donors (Lipinski definition) is 1. The zero-order valence-electron chi connectivity index (χ0n) is 14.3. The first-order chi connectivity index (χ1) is 12.1. The van der Waals surface area contributed by atoms with Gasteiger partial charge in [0.25, 0.3) is 0 Å². The monoisotopic (exact) mass is 353 g/mol. The highest BCUT2D eigenvalue weighted by atomic mass is 32.2. The molecule has 0 amide bonds. The average Bonchev–Trinajstić information content (AvgIpc) is 3.17. The van der Waals surface area contributed by atoms with E-state index in [0.717, 1.165) is 22.9 Å². The zero-order valence-corrected chi connectivity index (χ0v) is 15.1. The number of rotatable bonds is 3. The summed E-state index contributed by atoms with van der Waals surface area (Å²) in [5, 5.41) is 4.11. The molecule has 4 rings (SSSR count). The predicted octanol–water partition coefficient (Wildman–Crippen LogP) is 4.38. The molecule has 2 heterocycles. The molecule has 2 aromatic rings. The maximum absolute atomic E-state index is 5.85. The fraction of sp³-hybridized carbons (Fsp3) is 0.211. The molecular formula is C19H19N3O2S. The van der Waals surface area contributed by atoms with E-state index in [2.05, 4.69) is 48.5 Å². The molecule has 0 radical (unpaired) electrons. The Labute approximate surface area is 151 Å². The molecule has 0 aliphatic carbocycles. The minimum atomic E-state index is 0.104. The lowest BCUT2D eigenvalue weighted by Gasteiger charge is -2.21. The van der Waals surface area contributed by atoms with Crippen molar-refractivity contribution >= 4 is 23.5 Å². The van der Waals surface area contributed by atoms with Gasteiger partial charge in [0.15, 0.2) is 0 Å². The Kier molecular flexibility index (Phi) is 4.05. The van der Waals surface area contributed by atoms with Crippen LogP contribution in [0.25, 0.3) is 0 Å². The molecule has 1 fully saturated rings. The van der Waals surface area contributed by atoms with Crippen LogP contribution in [-0.4, -0.2) is 18.1 Å². The van der Waals surface area contributed by atoms with E-state index in [-0.39, 0.29) is 5.37 Å². The van der Waals surface area contributed by atoms with Gasteiger partial charge in [0.05, 0.1) is 12.8 Å². The van der Waals surface area contributed by atoms with E-state index in [1.165, 1.54) is 11.1 Å². The Morgan fingerprint density at radius 2 is 1.96 bits per heavy atom. The number of ether oxygens (including phenoxy) is 2. The molecular weight excluding hydrogens is 334 g/mol. The van der Waals surface area contributed by atoms with Crippen molar-refractivity contribution in [1.29, 1.82) is 0 Å². The molecule has 1 unspecified atom stereocenters. The second-order valence-electron chi connectivity index (χ2n) is 6.01. The lowest BCUT2D eigenvalue weighted by atomic mass is 10.1. The molecule has 0 aromatic heterocycles. The number of fused-ring (bicyclic) bond motifs is 1. The number of hydrazine groups is 1. The van der Waals surface area contributed by atoms with E-state index < -0.39 is 0 Å². The van der Waals surface area contributed by atoms with Gasteiger partial charge >= 0.3 is 6.02 Å². The number of aliphatic imine (C=N–C) groups is 1. The smallest absolute Gasteiger partial charge is 0.316 e. The van der Waals surface area contributed by atoms with Crippen molar-refractivity contribution in [1.82, 2.24) is 10.4 Å². The molecule has 25 heavy (non-hydrogen) atoms. The van der Waals surface area contributed by atoms with Crippen LogP contribution in [0.4, 0.5) is 5.69 Å². The lowest BCUT2D eigenvalue weighted by Crippen LogP contribution is -2.32. The second-order valence-corrected chi connectivity index (χ2v) is 6.96. The molecule has 1 saturated heterocycles. The van der Waals surface area contributed by atoms with Crippen LogP contribution in [0.1, 0.15) is 22.1 Å². The van der Waals surface area contributed by atoms with Crippen molar-refractivity contribution in [2.45, 2.75) is 19.2 Å². The van der Waals surface area contributed by atoms with E-state index in [1.807, 2.05) is 28.6 Å². The van der Waals surface area contributed by atoms with Gasteiger partial charge in [-0.1, -0.05) is 41.6 Å².